The second-order valence-electron chi connectivity index (χ2n) is 6.22. The maximum Gasteiger partial charge on any atom is 0.194 e. The molecule has 1 saturated heterocycles. The number of hydrogen-bond donors (Lipinski definition) is 1. The molecule has 3 heterocycles. The molecule has 0 saturated carbocycles. The fourth-order valence-electron chi connectivity index (χ4n) is 2.90. The van der Waals surface area contributed by atoms with Crippen LogP contribution in [0.2, 0.25) is 0 Å². The van der Waals surface area contributed by atoms with E-state index < -0.39 is 0 Å². The highest BCUT2D eigenvalue weighted by Gasteiger charge is 2.20. The van der Waals surface area contributed by atoms with Gasteiger partial charge in [0.2, 0.25) is 0 Å². The zero-order valence-corrected chi connectivity index (χ0v) is 14.9. The van der Waals surface area contributed by atoms with Crippen molar-refractivity contribution in [1.29, 1.82) is 0 Å². The summed E-state index contributed by atoms with van der Waals surface area (Å²) in [5, 5.41) is 7.49. The Kier molecular flexibility index (Phi) is 6.50. The summed E-state index contributed by atoms with van der Waals surface area (Å²) >= 11 is 0. The van der Waals surface area contributed by atoms with Gasteiger partial charge in [-0.3, -0.25) is 9.89 Å². The van der Waals surface area contributed by atoms with Gasteiger partial charge in [0.15, 0.2) is 5.96 Å². The van der Waals surface area contributed by atoms with Crippen LogP contribution in [0.3, 0.4) is 0 Å². The minimum Gasteiger partial charge on any atom is -0.469 e. The van der Waals surface area contributed by atoms with E-state index in [0.29, 0.717) is 0 Å². The molecule has 1 N–H and O–H groups in total. The Hall–Kier alpha value is -2.28. The van der Waals surface area contributed by atoms with Crippen molar-refractivity contribution in [2.45, 2.75) is 26.3 Å². The van der Waals surface area contributed by atoms with Crippen molar-refractivity contribution in [3.05, 3.63) is 42.2 Å². The summed E-state index contributed by atoms with van der Waals surface area (Å²) in [7, 11) is 0. The van der Waals surface area contributed by atoms with Crippen LogP contribution >= 0.6 is 0 Å². The fraction of sp³-hybridized carbons (Fsp3) is 0.556. The number of furan rings is 1. The molecule has 1 aliphatic heterocycles. The van der Waals surface area contributed by atoms with Crippen molar-refractivity contribution >= 4 is 5.96 Å². The third-order valence-corrected chi connectivity index (χ3v) is 4.27. The Morgan fingerprint density at radius 3 is 2.80 bits per heavy atom. The molecule has 0 bridgehead atoms. The van der Waals surface area contributed by atoms with Crippen molar-refractivity contribution < 1.29 is 8.94 Å². The molecule has 0 aliphatic carbocycles. The van der Waals surface area contributed by atoms with Gasteiger partial charge in [-0.05, 0) is 18.6 Å². The van der Waals surface area contributed by atoms with Gasteiger partial charge < -0.3 is 19.2 Å². The number of aliphatic imine (C=N–C) groups is 1. The molecule has 0 spiro atoms. The first kappa shape index (κ1) is 17.5. The highest BCUT2D eigenvalue weighted by atomic mass is 16.5. The Morgan fingerprint density at radius 1 is 1.24 bits per heavy atom. The summed E-state index contributed by atoms with van der Waals surface area (Å²) in [5.41, 5.74) is 0.991. The zero-order chi connectivity index (χ0) is 17.3. The summed E-state index contributed by atoms with van der Waals surface area (Å²) in [6.45, 7) is 8.60. The number of aromatic nitrogens is 1. The Bertz CT molecular complexity index is 616. The van der Waals surface area contributed by atoms with Gasteiger partial charge in [0.05, 0.1) is 12.0 Å². The van der Waals surface area contributed by atoms with E-state index in [2.05, 4.69) is 27.2 Å². The van der Waals surface area contributed by atoms with Crippen molar-refractivity contribution in [2.24, 2.45) is 4.99 Å². The topological polar surface area (TPSA) is 70.0 Å². The minimum absolute atomic E-state index is 0.829. The summed E-state index contributed by atoms with van der Waals surface area (Å²) in [6.07, 6.45) is 5.26. The van der Waals surface area contributed by atoms with Crippen LogP contribution in [-0.2, 0) is 13.0 Å². The van der Waals surface area contributed by atoms with Gasteiger partial charge in [0.25, 0.3) is 0 Å². The Labute approximate surface area is 148 Å². The first-order valence-corrected chi connectivity index (χ1v) is 9.02. The van der Waals surface area contributed by atoms with E-state index in [-0.39, 0.29) is 0 Å². The van der Waals surface area contributed by atoms with E-state index in [4.69, 9.17) is 13.9 Å². The molecule has 2 aromatic heterocycles. The summed E-state index contributed by atoms with van der Waals surface area (Å²) in [6, 6.07) is 5.86. The van der Waals surface area contributed by atoms with Crippen LogP contribution in [0.1, 0.15) is 24.8 Å². The second-order valence-corrected chi connectivity index (χ2v) is 6.22. The molecule has 7 heteroatoms. The van der Waals surface area contributed by atoms with Crippen LogP contribution in [0.25, 0.3) is 0 Å². The van der Waals surface area contributed by atoms with Gasteiger partial charge in [-0.25, -0.2) is 0 Å². The number of piperazine rings is 1. The molecule has 0 unspecified atom stereocenters. The minimum atomic E-state index is 0.829. The van der Waals surface area contributed by atoms with E-state index >= 15 is 0 Å². The van der Waals surface area contributed by atoms with E-state index in [9.17, 15) is 0 Å². The predicted octanol–water partition coefficient (Wildman–Crippen LogP) is 1.98. The van der Waals surface area contributed by atoms with Crippen LogP contribution in [-0.4, -0.2) is 60.2 Å². The summed E-state index contributed by atoms with van der Waals surface area (Å²) in [5.74, 6) is 2.01. The molecular weight excluding hydrogens is 318 g/mol. The highest BCUT2D eigenvalue weighted by molar-refractivity contribution is 5.80. The molecule has 0 atom stereocenters. The molecule has 1 fully saturated rings. The molecule has 0 amide bonds. The highest BCUT2D eigenvalue weighted by Crippen LogP contribution is 2.08. The maximum atomic E-state index is 5.39. The molecule has 25 heavy (non-hydrogen) atoms. The standard InChI is InChI=1S/C18H27N5O2/c1-2-7-19-18(20-8-5-17-4-3-13-24-17)23-11-9-22(10-12-23)15-16-6-14-25-21-16/h3-4,6,13-14H,2,5,7-12,15H2,1H3,(H,19,20). The first-order chi connectivity index (χ1) is 12.3. The van der Waals surface area contributed by atoms with Gasteiger partial charge >= 0.3 is 0 Å². The lowest BCUT2D eigenvalue weighted by atomic mass is 10.3. The monoisotopic (exact) mass is 345 g/mol. The number of guanidine groups is 1. The Morgan fingerprint density at radius 2 is 2.12 bits per heavy atom. The van der Waals surface area contributed by atoms with Crippen LogP contribution in [0.15, 0.2) is 44.7 Å². The normalized spacial score (nSPS) is 16.4. The van der Waals surface area contributed by atoms with E-state index in [1.807, 2.05) is 18.2 Å². The molecule has 3 rings (SSSR count). The average molecular weight is 345 g/mol. The number of hydrogen-bond acceptors (Lipinski definition) is 5. The van der Waals surface area contributed by atoms with Crippen LogP contribution in [0, 0.1) is 0 Å². The van der Waals surface area contributed by atoms with Gasteiger partial charge in [-0.2, -0.15) is 0 Å². The lowest BCUT2D eigenvalue weighted by Crippen LogP contribution is -2.52. The van der Waals surface area contributed by atoms with Crippen molar-refractivity contribution in [3.63, 3.8) is 0 Å². The van der Waals surface area contributed by atoms with E-state index in [0.717, 1.165) is 76.1 Å². The molecule has 136 valence electrons. The van der Waals surface area contributed by atoms with E-state index in [1.165, 1.54) is 0 Å². The van der Waals surface area contributed by atoms with Gasteiger partial charge in [-0.15, -0.1) is 0 Å². The third-order valence-electron chi connectivity index (χ3n) is 4.27. The molecular formula is C18H27N5O2. The van der Waals surface area contributed by atoms with Gasteiger partial charge in [0.1, 0.15) is 12.0 Å². The third kappa shape index (κ3) is 5.35. The SMILES string of the molecule is CCCN=C(NCCc1ccco1)N1CCN(Cc2ccon2)CC1. The number of nitrogens with one attached hydrogen (secondary N) is 1. The Balaban J connectivity index is 1.47. The van der Waals surface area contributed by atoms with Crippen molar-refractivity contribution in [3.8, 4) is 0 Å². The largest absolute Gasteiger partial charge is 0.469 e. The molecule has 2 aromatic rings. The van der Waals surface area contributed by atoms with E-state index in [1.54, 1.807) is 12.5 Å². The summed E-state index contributed by atoms with van der Waals surface area (Å²) in [4.78, 5) is 9.48. The molecule has 7 nitrogen and oxygen atoms in total. The average Bonchev–Trinajstić information content (AvgIpc) is 3.33. The molecule has 0 radical (unpaired) electrons. The molecule has 0 aromatic carbocycles. The fourth-order valence-corrected chi connectivity index (χ4v) is 2.90. The van der Waals surface area contributed by atoms with Crippen molar-refractivity contribution in [2.75, 3.05) is 39.3 Å². The smallest absolute Gasteiger partial charge is 0.194 e. The second kappa shape index (κ2) is 9.27. The van der Waals surface area contributed by atoms with Crippen LogP contribution in [0.4, 0.5) is 0 Å². The van der Waals surface area contributed by atoms with Gasteiger partial charge in [0, 0.05) is 58.3 Å². The number of nitrogens with zero attached hydrogens (tertiary/aromatic N) is 4. The quantitative estimate of drug-likeness (QED) is 0.611. The summed E-state index contributed by atoms with van der Waals surface area (Å²) < 4.78 is 10.3. The lowest BCUT2D eigenvalue weighted by molar-refractivity contribution is 0.169. The number of rotatable bonds is 7. The van der Waals surface area contributed by atoms with Crippen LogP contribution < -0.4 is 5.32 Å². The zero-order valence-electron chi connectivity index (χ0n) is 14.9. The predicted molar refractivity (Wildman–Crippen MR) is 96.4 cm³/mol. The van der Waals surface area contributed by atoms with Crippen LogP contribution in [0.5, 0.6) is 0 Å². The first-order valence-electron chi connectivity index (χ1n) is 9.02. The van der Waals surface area contributed by atoms with Gasteiger partial charge in [-0.1, -0.05) is 12.1 Å². The van der Waals surface area contributed by atoms with Crippen molar-refractivity contribution in [1.82, 2.24) is 20.3 Å². The molecule has 1 aliphatic rings. The maximum absolute atomic E-state index is 5.39. The lowest BCUT2D eigenvalue weighted by Gasteiger charge is -2.36.